The lowest BCUT2D eigenvalue weighted by molar-refractivity contribution is 0.829. The van der Waals surface area contributed by atoms with E-state index in [0.717, 1.165) is 10.4 Å². The number of hydrogen-bond acceptors (Lipinski definition) is 4. The smallest absolute Gasteiger partial charge is 0.280 e. The van der Waals surface area contributed by atoms with Crippen molar-refractivity contribution >= 4 is 27.2 Å². The molecule has 0 bridgehead atoms. The average molecular weight is 243 g/mol. The van der Waals surface area contributed by atoms with Gasteiger partial charge in [-0.05, 0) is 23.6 Å². The van der Waals surface area contributed by atoms with Gasteiger partial charge >= 0.3 is 0 Å². The van der Waals surface area contributed by atoms with E-state index in [9.17, 15) is 4.79 Å². The number of aromatic nitrogens is 2. The summed E-state index contributed by atoms with van der Waals surface area (Å²) in [6.45, 7) is 0. The third kappa shape index (κ3) is 1.52. The van der Waals surface area contributed by atoms with Crippen LogP contribution < -0.4 is 11.3 Å². The minimum absolute atomic E-state index is 0.137. The zero-order chi connectivity index (χ0) is 11.8. The van der Waals surface area contributed by atoms with Crippen molar-refractivity contribution in [3.63, 3.8) is 0 Å². The summed E-state index contributed by atoms with van der Waals surface area (Å²) in [5.74, 6) is 0.387. The van der Waals surface area contributed by atoms with Gasteiger partial charge in [-0.3, -0.25) is 4.79 Å². The van der Waals surface area contributed by atoms with Crippen LogP contribution in [0.4, 0.5) is 5.82 Å². The molecule has 0 amide bonds. The summed E-state index contributed by atoms with van der Waals surface area (Å²) in [5, 5.41) is 6.60. The van der Waals surface area contributed by atoms with Crippen LogP contribution in [0.25, 0.3) is 15.8 Å². The number of para-hydroxylation sites is 1. The number of rotatable bonds is 1. The summed E-state index contributed by atoms with van der Waals surface area (Å²) in [4.78, 5) is 12.2. The Bertz CT molecular complexity index is 730. The van der Waals surface area contributed by atoms with E-state index in [4.69, 9.17) is 5.73 Å². The van der Waals surface area contributed by atoms with Gasteiger partial charge in [0.05, 0.1) is 15.8 Å². The molecule has 0 aliphatic heterocycles. The first-order chi connectivity index (χ1) is 8.27. The second-order valence-electron chi connectivity index (χ2n) is 3.60. The van der Waals surface area contributed by atoms with Gasteiger partial charge < -0.3 is 5.73 Å². The number of anilines is 1. The predicted octanol–water partition coefficient (Wildman–Crippen LogP) is 2.03. The summed E-state index contributed by atoms with van der Waals surface area (Å²) >= 11 is 1.43. The largest absolute Gasteiger partial charge is 0.381 e. The third-order valence-corrected chi connectivity index (χ3v) is 3.47. The van der Waals surface area contributed by atoms with Crippen molar-refractivity contribution in [2.24, 2.45) is 0 Å². The molecule has 2 aromatic heterocycles. The first-order valence-corrected chi connectivity index (χ1v) is 5.97. The third-order valence-electron chi connectivity index (χ3n) is 2.53. The predicted molar refractivity (Wildman–Crippen MR) is 69.6 cm³/mol. The molecule has 3 rings (SSSR count). The molecule has 1 aromatic carbocycles. The summed E-state index contributed by atoms with van der Waals surface area (Å²) in [6.07, 6.45) is 0. The summed E-state index contributed by atoms with van der Waals surface area (Å²) in [7, 11) is 0. The number of thiophene rings is 1. The van der Waals surface area contributed by atoms with Gasteiger partial charge in [-0.1, -0.05) is 18.2 Å². The molecule has 0 saturated heterocycles. The number of hydrogen-bond donors (Lipinski definition) is 1. The van der Waals surface area contributed by atoms with Gasteiger partial charge in [0, 0.05) is 0 Å². The van der Waals surface area contributed by atoms with Crippen molar-refractivity contribution in [1.82, 2.24) is 9.78 Å². The maximum Gasteiger partial charge on any atom is 0.280 e. The summed E-state index contributed by atoms with van der Waals surface area (Å²) < 4.78 is 2.09. The van der Waals surface area contributed by atoms with E-state index in [-0.39, 0.29) is 5.56 Å². The van der Waals surface area contributed by atoms with Crippen LogP contribution in [-0.4, -0.2) is 9.78 Å². The molecule has 84 valence electrons. The van der Waals surface area contributed by atoms with Crippen LogP contribution in [0.3, 0.4) is 0 Å². The zero-order valence-corrected chi connectivity index (χ0v) is 9.65. The number of nitrogen functional groups attached to an aromatic ring is 1. The Labute approximate surface area is 101 Å². The molecule has 0 aliphatic carbocycles. The number of nitrogens with zero attached hydrogens (tertiary/aromatic N) is 2. The topological polar surface area (TPSA) is 60.9 Å². The lowest BCUT2D eigenvalue weighted by Crippen LogP contribution is -2.21. The molecular formula is C12H9N3OS. The van der Waals surface area contributed by atoms with E-state index >= 15 is 0 Å². The monoisotopic (exact) mass is 243 g/mol. The van der Waals surface area contributed by atoms with E-state index in [1.54, 1.807) is 6.07 Å². The molecule has 0 spiro atoms. The fourth-order valence-electron chi connectivity index (χ4n) is 1.73. The van der Waals surface area contributed by atoms with Gasteiger partial charge in [0.2, 0.25) is 0 Å². The van der Waals surface area contributed by atoms with Crippen LogP contribution in [0.15, 0.2) is 46.6 Å². The maximum atomic E-state index is 12.2. The highest BCUT2D eigenvalue weighted by Crippen LogP contribution is 2.22. The normalized spacial score (nSPS) is 10.8. The van der Waals surface area contributed by atoms with Crippen molar-refractivity contribution in [2.45, 2.75) is 0 Å². The zero-order valence-electron chi connectivity index (χ0n) is 8.83. The van der Waals surface area contributed by atoms with Crippen molar-refractivity contribution in [3.8, 4) is 5.69 Å². The SMILES string of the molecule is Nc1nn(-c2ccccc2)c(=O)c2ccsc12. The highest BCUT2D eigenvalue weighted by atomic mass is 32.1. The van der Waals surface area contributed by atoms with Crippen LogP contribution >= 0.6 is 11.3 Å². The molecule has 0 atom stereocenters. The van der Waals surface area contributed by atoms with Crippen molar-refractivity contribution < 1.29 is 0 Å². The van der Waals surface area contributed by atoms with Gasteiger partial charge in [-0.25, -0.2) is 0 Å². The molecule has 3 aromatic rings. The quantitative estimate of drug-likeness (QED) is 0.711. The van der Waals surface area contributed by atoms with Gasteiger partial charge in [-0.15, -0.1) is 16.4 Å². The van der Waals surface area contributed by atoms with E-state index in [1.807, 2.05) is 35.7 Å². The van der Waals surface area contributed by atoms with Crippen molar-refractivity contribution in [1.29, 1.82) is 0 Å². The Morgan fingerprint density at radius 2 is 1.94 bits per heavy atom. The molecule has 5 heteroatoms. The molecule has 0 radical (unpaired) electrons. The van der Waals surface area contributed by atoms with Gasteiger partial charge in [0.25, 0.3) is 5.56 Å². The number of fused-ring (bicyclic) bond motifs is 1. The summed E-state index contributed by atoms with van der Waals surface area (Å²) in [5.41, 5.74) is 6.43. The first kappa shape index (κ1) is 10.0. The van der Waals surface area contributed by atoms with Crippen molar-refractivity contribution in [2.75, 3.05) is 5.73 Å². The molecule has 0 fully saturated rings. The lowest BCUT2D eigenvalue weighted by atomic mass is 10.3. The van der Waals surface area contributed by atoms with Crippen molar-refractivity contribution in [3.05, 3.63) is 52.1 Å². The van der Waals surface area contributed by atoms with E-state index < -0.39 is 0 Å². The first-order valence-electron chi connectivity index (χ1n) is 5.09. The molecular weight excluding hydrogens is 234 g/mol. The van der Waals surface area contributed by atoms with E-state index in [1.165, 1.54) is 16.0 Å². The Hall–Kier alpha value is -2.14. The Morgan fingerprint density at radius 3 is 2.71 bits per heavy atom. The number of benzene rings is 1. The summed E-state index contributed by atoms with van der Waals surface area (Å²) in [6, 6.07) is 11.0. The van der Waals surface area contributed by atoms with Crippen LogP contribution in [0, 0.1) is 0 Å². The van der Waals surface area contributed by atoms with Crippen LogP contribution in [-0.2, 0) is 0 Å². The Kier molecular flexibility index (Phi) is 2.19. The minimum atomic E-state index is -0.137. The lowest BCUT2D eigenvalue weighted by Gasteiger charge is -2.05. The van der Waals surface area contributed by atoms with E-state index in [2.05, 4.69) is 5.10 Å². The van der Waals surface area contributed by atoms with E-state index in [0.29, 0.717) is 11.2 Å². The minimum Gasteiger partial charge on any atom is -0.381 e. The molecule has 0 unspecified atom stereocenters. The highest BCUT2D eigenvalue weighted by Gasteiger charge is 2.10. The number of nitrogens with two attached hydrogens (primary N) is 1. The van der Waals surface area contributed by atoms with Crippen LogP contribution in [0.2, 0.25) is 0 Å². The molecule has 0 aliphatic rings. The Morgan fingerprint density at radius 1 is 1.18 bits per heavy atom. The second kappa shape index (κ2) is 3.71. The molecule has 4 nitrogen and oxygen atoms in total. The van der Waals surface area contributed by atoms with Gasteiger partial charge in [0.1, 0.15) is 0 Å². The highest BCUT2D eigenvalue weighted by molar-refractivity contribution is 7.17. The van der Waals surface area contributed by atoms with Gasteiger partial charge in [-0.2, -0.15) is 4.68 Å². The average Bonchev–Trinajstić information content (AvgIpc) is 2.85. The van der Waals surface area contributed by atoms with Gasteiger partial charge in [0.15, 0.2) is 5.82 Å². The molecule has 17 heavy (non-hydrogen) atoms. The van der Waals surface area contributed by atoms with Crippen LogP contribution in [0.5, 0.6) is 0 Å². The van der Waals surface area contributed by atoms with Crippen LogP contribution in [0.1, 0.15) is 0 Å². The molecule has 0 saturated carbocycles. The standard InChI is InChI=1S/C12H9N3OS/c13-11-10-9(6-7-17-10)12(16)15(14-11)8-4-2-1-3-5-8/h1-7H,(H2,13,14). The maximum absolute atomic E-state index is 12.2. The fourth-order valence-corrected chi connectivity index (χ4v) is 2.52. The fraction of sp³-hybridized carbons (Fsp3) is 0. The molecule has 2 heterocycles. The second-order valence-corrected chi connectivity index (χ2v) is 4.52. The molecule has 2 N–H and O–H groups in total. The Balaban J connectivity index is 2.39.